The molecule has 0 bridgehead atoms. The Kier molecular flexibility index (Phi) is 6.09. The predicted molar refractivity (Wildman–Crippen MR) is 54.1 cm³/mol. The van der Waals surface area contributed by atoms with Crippen LogP contribution in [0, 0.1) is 5.92 Å². The molecule has 12 heavy (non-hydrogen) atoms. The maximum Gasteiger partial charge on any atom is 0.0574 e. The van der Waals surface area contributed by atoms with E-state index in [-0.39, 0.29) is 6.10 Å². The largest absolute Gasteiger partial charge is 0.393 e. The molecule has 0 spiro atoms. The average molecular weight is 170 g/mol. The molecule has 0 fully saturated rings. The third-order valence-corrected chi connectivity index (χ3v) is 2.06. The summed E-state index contributed by atoms with van der Waals surface area (Å²) in [6.45, 7) is 8.23. The summed E-state index contributed by atoms with van der Waals surface area (Å²) in [6.07, 6.45) is 5.50. The van der Waals surface area contributed by atoms with Gasteiger partial charge in [-0.15, -0.1) is 0 Å². The summed E-state index contributed by atoms with van der Waals surface area (Å²) >= 11 is 0. The highest BCUT2D eigenvalue weighted by Gasteiger charge is 2.10. The Hall–Kier alpha value is -0.300. The van der Waals surface area contributed by atoms with Crippen LogP contribution in [0.4, 0.5) is 0 Å². The second kappa shape index (κ2) is 6.24. The molecule has 0 saturated carbocycles. The van der Waals surface area contributed by atoms with Crippen LogP contribution < -0.4 is 0 Å². The minimum absolute atomic E-state index is 0.202. The first-order valence-corrected chi connectivity index (χ1v) is 4.91. The normalized spacial score (nSPS) is 15.4. The van der Waals surface area contributed by atoms with Crippen molar-refractivity contribution in [3.05, 3.63) is 11.6 Å². The molecule has 0 amide bonds. The van der Waals surface area contributed by atoms with Crippen molar-refractivity contribution in [3.63, 3.8) is 0 Å². The van der Waals surface area contributed by atoms with Gasteiger partial charge in [0.15, 0.2) is 0 Å². The van der Waals surface area contributed by atoms with Crippen LogP contribution in [-0.2, 0) is 0 Å². The Balaban J connectivity index is 3.96. The lowest BCUT2D eigenvalue weighted by molar-refractivity contribution is 0.142. The molecular weight excluding hydrogens is 148 g/mol. The van der Waals surface area contributed by atoms with Gasteiger partial charge in [0.1, 0.15) is 0 Å². The van der Waals surface area contributed by atoms with E-state index in [1.54, 1.807) is 0 Å². The summed E-state index contributed by atoms with van der Waals surface area (Å²) in [6, 6.07) is 0. The van der Waals surface area contributed by atoms with Crippen LogP contribution in [0.2, 0.25) is 0 Å². The third-order valence-electron chi connectivity index (χ3n) is 2.06. The van der Waals surface area contributed by atoms with E-state index >= 15 is 0 Å². The van der Waals surface area contributed by atoms with E-state index in [0.717, 1.165) is 6.42 Å². The smallest absolute Gasteiger partial charge is 0.0574 e. The molecule has 2 atom stereocenters. The van der Waals surface area contributed by atoms with Crippen molar-refractivity contribution < 1.29 is 5.11 Å². The SMILES string of the molecule is CCCC[C@H](C=C(C)C)[C@H](C)O. The molecule has 1 N–H and O–H groups in total. The summed E-state index contributed by atoms with van der Waals surface area (Å²) in [4.78, 5) is 0. The van der Waals surface area contributed by atoms with Crippen molar-refractivity contribution >= 4 is 0 Å². The fraction of sp³-hybridized carbons (Fsp3) is 0.818. The van der Waals surface area contributed by atoms with Gasteiger partial charge in [-0.05, 0) is 27.2 Å². The summed E-state index contributed by atoms with van der Waals surface area (Å²) in [7, 11) is 0. The summed E-state index contributed by atoms with van der Waals surface area (Å²) < 4.78 is 0. The molecule has 0 aromatic rings. The number of unbranched alkanes of at least 4 members (excludes halogenated alkanes) is 1. The molecule has 0 aliphatic rings. The van der Waals surface area contributed by atoms with Crippen LogP contribution in [0.25, 0.3) is 0 Å². The first-order valence-electron chi connectivity index (χ1n) is 4.91. The number of rotatable bonds is 5. The topological polar surface area (TPSA) is 20.2 Å². The van der Waals surface area contributed by atoms with Gasteiger partial charge in [0.05, 0.1) is 6.10 Å². The Morgan fingerprint density at radius 1 is 1.42 bits per heavy atom. The van der Waals surface area contributed by atoms with Gasteiger partial charge in [0.25, 0.3) is 0 Å². The summed E-state index contributed by atoms with van der Waals surface area (Å²) in [5, 5.41) is 9.44. The Bertz CT molecular complexity index is 132. The van der Waals surface area contributed by atoms with E-state index in [0.29, 0.717) is 5.92 Å². The lowest BCUT2D eigenvalue weighted by Crippen LogP contribution is -2.14. The van der Waals surface area contributed by atoms with Crippen LogP contribution in [0.3, 0.4) is 0 Å². The number of aliphatic hydroxyl groups excluding tert-OH is 1. The van der Waals surface area contributed by atoms with Gasteiger partial charge in [0, 0.05) is 5.92 Å². The van der Waals surface area contributed by atoms with Crippen molar-refractivity contribution in [3.8, 4) is 0 Å². The fourth-order valence-electron chi connectivity index (χ4n) is 1.33. The van der Waals surface area contributed by atoms with Crippen molar-refractivity contribution in [1.29, 1.82) is 0 Å². The molecule has 1 heteroatoms. The highest BCUT2D eigenvalue weighted by molar-refractivity contribution is 4.98. The van der Waals surface area contributed by atoms with E-state index in [4.69, 9.17) is 0 Å². The van der Waals surface area contributed by atoms with Crippen molar-refractivity contribution in [2.45, 2.75) is 53.1 Å². The molecule has 0 saturated heterocycles. The number of aliphatic hydroxyl groups is 1. The van der Waals surface area contributed by atoms with Gasteiger partial charge in [-0.1, -0.05) is 31.4 Å². The second-order valence-corrected chi connectivity index (χ2v) is 3.79. The highest BCUT2D eigenvalue weighted by Crippen LogP contribution is 2.16. The maximum absolute atomic E-state index is 9.44. The van der Waals surface area contributed by atoms with Gasteiger partial charge in [-0.3, -0.25) is 0 Å². The lowest BCUT2D eigenvalue weighted by atomic mass is 9.95. The van der Waals surface area contributed by atoms with E-state index in [9.17, 15) is 5.11 Å². The minimum atomic E-state index is -0.202. The van der Waals surface area contributed by atoms with Crippen LogP contribution in [-0.4, -0.2) is 11.2 Å². The second-order valence-electron chi connectivity index (χ2n) is 3.79. The maximum atomic E-state index is 9.44. The molecular formula is C11H22O. The van der Waals surface area contributed by atoms with Gasteiger partial charge < -0.3 is 5.11 Å². The number of hydrogen-bond acceptors (Lipinski definition) is 1. The fourth-order valence-corrected chi connectivity index (χ4v) is 1.33. The molecule has 0 rings (SSSR count). The zero-order valence-electron chi connectivity index (χ0n) is 8.80. The molecule has 0 aliphatic carbocycles. The van der Waals surface area contributed by atoms with Crippen LogP contribution in [0.15, 0.2) is 11.6 Å². The van der Waals surface area contributed by atoms with E-state index in [2.05, 4.69) is 26.8 Å². The minimum Gasteiger partial charge on any atom is -0.393 e. The lowest BCUT2D eigenvalue weighted by Gasteiger charge is -2.15. The summed E-state index contributed by atoms with van der Waals surface area (Å²) in [5.74, 6) is 0.356. The zero-order valence-corrected chi connectivity index (χ0v) is 8.80. The highest BCUT2D eigenvalue weighted by atomic mass is 16.3. The number of hydrogen-bond donors (Lipinski definition) is 1. The van der Waals surface area contributed by atoms with E-state index in [1.807, 2.05) is 6.92 Å². The van der Waals surface area contributed by atoms with Crippen LogP contribution in [0.5, 0.6) is 0 Å². The van der Waals surface area contributed by atoms with E-state index in [1.165, 1.54) is 18.4 Å². The molecule has 0 radical (unpaired) electrons. The van der Waals surface area contributed by atoms with Gasteiger partial charge in [-0.2, -0.15) is 0 Å². The Labute approximate surface area is 76.5 Å². The van der Waals surface area contributed by atoms with E-state index < -0.39 is 0 Å². The van der Waals surface area contributed by atoms with Gasteiger partial charge >= 0.3 is 0 Å². The third kappa shape index (κ3) is 5.36. The molecule has 1 nitrogen and oxygen atoms in total. The van der Waals surface area contributed by atoms with Gasteiger partial charge in [-0.25, -0.2) is 0 Å². The summed E-state index contributed by atoms with van der Waals surface area (Å²) in [5.41, 5.74) is 1.30. The average Bonchev–Trinajstić information content (AvgIpc) is 1.96. The van der Waals surface area contributed by atoms with Crippen LogP contribution in [0.1, 0.15) is 47.0 Å². The van der Waals surface area contributed by atoms with Crippen LogP contribution >= 0.6 is 0 Å². The first-order chi connectivity index (χ1) is 5.57. The predicted octanol–water partition coefficient (Wildman–Crippen LogP) is 3.14. The Morgan fingerprint density at radius 2 is 2.00 bits per heavy atom. The number of allylic oxidation sites excluding steroid dienone is 1. The quantitative estimate of drug-likeness (QED) is 0.628. The van der Waals surface area contributed by atoms with Gasteiger partial charge in [0.2, 0.25) is 0 Å². The molecule has 72 valence electrons. The van der Waals surface area contributed by atoms with Crippen molar-refractivity contribution in [2.24, 2.45) is 5.92 Å². The molecule has 0 heterocycles. The van der Waals surface area contributed by atoms with Crippen molar-refractivity contribution in [1.82, 2.24) is 0 Å². The molecule has 0 aromatic heterocycles. The van der Waals surface area contributed by atoms with Crippen molar-refractivity contribution in [2.75, 3.05) is 0 Å². The molecule has 0 aliphatic heterocycles. The zero-order chi connectivity index (χ0) is 9.56. The Morgan fingerprint density at radius 3 is 2.33 bits per heavy atom. The standard InChI is InChI=1S/C11H22O/c1-5-6-7-11(10(4)12)8-9(2)3/h8,10-12H,5-7H2,1-4H3/t10-,11+/m0/s1. The monoisotopic (exact) mass is 170 g/mol. The molecule has 0 aromatic carbocycles. The first kappa shape index (κ1) is 11.7. The molecule has 0 unspecified atom stereocenters.